The number of nitrogens with one attached hydrogen (secondary N) is 3. The minimum absolute atomic E-state index is 0.0139. The van der Waals surface area contributed by atoms with E-state index in [1.165, 1.54) is 0 Å². The van der Waals surface area contributed by atoms with Crippen LogP contribution in [0.2, 0.25) is 0 Å². The van der Waals surface area contributed by atoms with E-state index < -0.39 is 15.3 Å². The second-order valence-electron chi connectivity index (χ2n) is 7.03. The molecule has 0 radical (unpaired) electrons. The Labute approximate surface area is 148 Å². The number of aromatic nitrogens is 1. The molecule has 136 valence electrons. The lowest BCUT2D eigenvalue weighted by Crippen LogP contribution is -2.42. The number of hydrogen-bond donors (Lipinski definition) is 3. The summed E-state index contributed by atoms with van der Waals surface area (Å²) in [6.07, 6.45) is 4.66. The Morgan fingerprint density at radius 3 is 2.56 bits per heavy atom. The molecule has 1 aromatic carbocycles. The Hall–Kier alpha value is -1.86. The van der Waals surface area contributed by atoms with Gasteiger partial charge in [-0.15, -0.1) is 0 Å². The number of anilines is 1. The topological polar surface area (TPSA) is 91.1 Å². The van der Waals surface area contributed by atoms with E-state index in [0.29, 0.717) is 25.7 Å². The van der Waals surface area contributed by atoms with Gasteiger partial charge < -0.3 is 10.3 Å². The quantitative estimate of drug-likeness (QED) is 0.763. The number of carbonyl (C=O) groups is 1. The number of rotatable bonds is 5. The molecule has 1 aliphatic carbocycles. The van der Waals surface area contributed by atoms with Gasteiger partial charge in [-0.2, -0.15) is 0 Å². The third-order valence-electron chi connectivity index (χ3n) is 4.87. The fraction of sp³-hybridized carbons (Fsp3) is 0.500. The minimum Gasteiger partial charge on any atom is -0.361 e. The van der Waals surface area contributed by atoms with Gasteiger partial charge in [-0.05, 0) is 63.8 Å². The smallest absolute Gasteiger partial charge is 0.227 e. The highest BCUT2D eigenvalue weighted by molar-refractivity contribution is 7.90. The number of hydrogen-bond acceptors (Lipinski definition) is 3. The van der Waals surface area contributed by atoms with E-state index in [1.807, 2.05) is 30.5 Å². The van der Waals surface area contributed by atoms with Crippen LogP contribution in [-0.4, -0.2) is 30.6 Å². The minimum atomic E-state index is -3.25. The van der Waals surface area contributed by atoms with Crippen LogP contribution in [0.3, 0.4) is 0 Å². The van der Waals surface area contributed by atoms with Crippen molar-refractivity contribution in [2.75, 3.05) is 5.32 Å². The zero-order valence-corrected chi connectivity index (χ0v) is 15.4. The van der Waals surface area contributed by atoms with E-state index in [9.17, 15) is 13.2 Å². The van der Waals surface area contributed by atoms with Gasteiger partial charge in [0.2, 0.25) is 15.9 Å². The summed E-state index contributed by atoms with van der Waals surface area (Å²) < 4.78 is 26.7. The summed E-state index contributed by atoms with van der Waals surface area (Å²) in [5, 5.41) is 3.61. The summed E-state index contributed by atoms with van der Waals surface area (Å²) in [6, 6.07) is 7.69. The highest BCUT2D eigenvalue weighted by Gasteiger charge is 2.29. The zero-order chi connectivity index (χ0) is 18.0. The number of benzene rings is 1. The summed E-state index contributed by atoms with van der Waals surface area (Å²) in [4.78, 5) is 15.6. The van der Waals surface area contributed by atoms with Crippen LogP contribution in [0.1, 0.15) is 39.5 Å². The van der Waals surface area contributed by atoms with Gasteiger partial charge in [0.05, 0.1) is 5.25 Å². The van der Waals surface area contributed by atoms with Crippen molar-refractivity contribution in [3.8, 4) is 0 Å². The molecule has 0 bridgehead atoms. The van der Waals surface area contributed by atoms with Gasteiger partial charge in [-0.25, -0.2) is 13.1 Å². The van der Waals surface area contributed by atoms with Gasteiger partial charge in [0.15, 0.2) is 0 Å². The first kappa shape index (κ1) is 17.9. The van der Waals surface area contributed by atoms with Crippen LogP contribution in [0, 0.1) is 5.92 Å². The van der Waals surface area contributed by atoms with Crippen LogP contribution in [-0.2, 0) is 14.8 Å². The maximum atomic E-state index is 12.5. The van der Waals surface area contributed by atoms with Crippen molar-refractivity contribution in [3.05, 3.63) is 30.5 Å². The van der Waals surface area contributed by atoms with E-state index in [0.717, 1.165) is 16.6 Å². The van der Waals surface area contributed by atoms with Crippen LogP contribution >= 0.6 is 0 Å². The third kappa shape index (κ3) is 4.22. The zero-order valence-electron chi connectivity index (χ0n) is 14.6. The maximum Gasteiger partial charge on any atom is 0.227 e. The highest BCUT2D eigenvalue weighted by Crippen LogP contribution is 2.27. The first-order chi connectivity index (χ1) is 11.8. The molecule has 6 nitrogen and oxygen atoms in total. The Morgan fingerprint density at radius 1 is 1.16 bits per heavy atom. The van der Waals surface area contributed by atoms with E-state index in [1.54, 1.807) is 13.8 Å². The van der Waals surface area contributed by atoms with Gasteiger partial charge in [-0.3, -0.25) is 4.79 Å². The molecular weight excluding hydrogens is 338 g/mol. The Kier molecular flexibility index (Phi) is 5.15. The van der Waals surface area contributed by atoms with Crippen molar-refractivity contribution in [1.82, 2.24) is 9.71 Å². The lowest BCUT2D eigenvalue weighted by Gasteiger charge is -2.28. The van der Waals surface area contributed by atoms with Gasteiger partial charge in [-0.1, -0.05) is 0 Å². The molecule has 1 aliphatic rings. The number of aromatic amines is 1. The molecule has 0 spiro atoms. The highest BCUT2D eigenvalue weighted by atomic mass is 32.2. The van der Waals surface area contributed by atoms with Crippen LogP contribution in [0.5, 0.6) is 0 Å². The van der Waals surface area contributed by atoms with E-state index in [4.69, 9.17) is 0 Å². The Morgan fingerprint density at radius 2 is 1.88 bits per heavy atom. The van der Waals surface area contributed by atoms with Crippen molar-refractivity contribution in [1.29, 1.82) is 0 Å². The fourth-order valence-electron chi connectivity index (χ4n) is 3.22. The molecule has 0 saturated heterocycles. The van der Waals surface area contributed by atoms with Gasteiger partial charge in [0.25, 0.3) is 0 Å². The van der Waals surface area contributed by atoms with Crippen molar-refractivity contribution in [2.24, 2.45) is 5.92 Å². The normalized spacial score (nSPS) is 21.6. The van der Waals surface area contributed by atoms with E-state index in [2.05, 4.69) is 15.0 Å². The first-order valence-electron chi connectivity index (χ1n) is 8.74. The third-order valence-corrected chi connectivity index (χ3v) is 6.77. The van der Waals surface area contributed by atoms with Crippen LogP contribution in [0.25, 0.3) is 10.9 Å². The standard InChI is InChI=1S/C18H25N3O3S/c1-12(2)25(23,24)21-15-5-3-13(4-6-15)18(22)20-16-7-8-17-14(11-16)9-10-19-17/h7-13,15,19,21H,3-6H2,1-2H3,(H,20,22). The number of amides is 1. The molecule has 25 heavy (non-hydrogen) atoms. The maximum absolute atomic E-state index is 12.5. The summed E-state index contributed by atoms with van der Waals surface area (Å²) in [6.45, 7) is 3.34. The van der Waals surface area contributed by atoms with Crippen LogP contribution in [0.15, 0.2) is 30.5 Å². The summed E-state index contributed by atoms with van der Waals surface area (Å²) in [5.41, 5.74) is 1.83. The molecule has 1 fully saturated rings. The van der Waals surface area contributed by atoms with E-state index >= 15 is 0 Å². The molecule has 1 aromatic heterocycles. The second-order valence-corrected chi connectivity index (χ2v) is 9.30. The molecule has 3 N–H and O–H groups in total. The molecule has 0 aliphatic heterocycles. The summed E-state index contributed by atoms with van der Waals surface area (Å²) >= 11 is 0. The fourth-order valence-corrected chi connectivity index (χ4v) is 4.19. The monoisotopic (exact) mass is 363 g/mol. The molecule has 7 heteroatoms. The molecule has 0 atom stereocenters. The lowest BCUT2D eigenvalue weighted by molar-refractivity contribution is -0.120. The Bertz CT molecular complexity index is 849. The van der Waals surface area contributed by atoms with Crippen LogP contribution < -0.4 is 10.0 Å². The molecule has 1 amide bonds. The molecule has 1 saturated carbocycles. The van der Waals surface area contributed by atoms with Gasteiger partial charge >= 0.3 is 0 Å². The number of sulfonamides is 1. The summed E-state index contributed by atoms with van der Waals surface area (Å²) in [5.74, 6) is -0.0539. The summed E-state index contributed by atoms with van der Waals surface area (Å²) in [7, 11) is -3.25. The SMILES string of the molecule is CC(C)S(=O)(=O)NC1CCC(C(=O)Nc2ccc3[nH]ccc3c2)CC1. The predicted molar refractivity (Wildman–Crippen MR) is 99.9 cm³/mol. The number of fused-ring (bicyclic) bond motifs is 1. The average molecular weight is 363 g/mol. The second kappa shape index (κ2) is 7.17. The largest absolute Gasteiger partial charge is 0.361 e. The van der Waals surface area contributed by atoms with Crippen molar-refractivity contribution >= 4 is 32.5 Å². The van der Waals surface area contributed by atoms with Crippen molar-refractivity contribution < 1.29 is 13.2 Å². The Balaban J connectivity index is 1.54. The average Bonchev–Trinajstić information content (AvgIpc) is 3.02. The molecule has 1 heterocycles. The molecule has 0 unspecified atom stereocenters. The molecule has 3 rings (SSSR count). The number of carbonyl (C=O) groups excluding carboxylic acids is 1. The van der Waals surface area contributed by atoms with Crippen molar-refractivity contribution in [3.63, 3.8) is 0 Å². The van der Waals surface area contributed by atoms with Gasteiger partial charge in [0.1, 0.15) is 0 Å². The van der Waals surface area contributed by atoms with Crippen LogP contribution in [0.4, 0.5) is 5.69 Å². The molecule has 2 aromatic rings. The molecular formula is C18H25N3O3S. The van der Waals surface area contributed by atoms with Gasteiger partial charge in [0, 0.05) is 34.7 Å². The van der Waals surface area contributed by atoms with Crippen molar-refractivity contribution in [2.45, 2.75) is 50.8 Å². The number of H-pyrrole nitrogens is 1. The first-order valence-corrected chi connectivity index (χ1v) is 10.3. The van der Waals surface area contributed by atoms with E-state index in [-0.39, 0.29) is 17.9 Å². The predicted octanol–water partition coefficient (Wildman–Crippen LogP) is 2.99. The lowest BCUT2D eigenvalue weighted by atomic mass is 9.86.